The summed E-state index contributed by atoms with van der Waals surface area (Å²) in [6.07, 6.45) is -8.33. The second kappa shape index (κ2) is 16.8. The van der Waals surface area contributed by atoms with Crippen LogP contribution in [0.1, 0.15) is 5.69 Å². The number of rotatable bonds is 10. The molecule has 49 heavy (non-hydrogen) atoms. The van der Waals surface area contributed by atoms with Crippen molar-refractivity contribution in [2.75, 3.05) is 31.3 Å². The molecule has 0 aliphatic carbocycles. The van der Waals surface area contributed by atoms with Crippen LogP contribution in [0.4, 0.5) is 38.0 Å². The summed E-state index contributed by atoms with van der Waals surface area (Å²) in [5.74, 6) is -3.13. The molecule has 6 N–H and O–H groups in total. The van der Waals surface area contributed by atoms with Gasteiger partial charge >= 0.3 is 24.3 Å². The van der Waals surface area contributed by atoms with Crippen LogP contribution in [0.5, 0.6) is 11.5 Å². The van der Waals surface area contributed by atoms with E-state index in [0.29, 0.717) is 50.4 Å². The third-order valence-electron chi connectivity index (χ3n) is 5.79. The van der Waals surface area contributed by atoms with Crippen molar-refractivity contribution in [1.29, 1.82) is 0 Å². The van der Waals surface area contributed by atoms with Crippen molar-refractivity contribution < 1.29 is 60.4 Å². The van der Waals surface area contributed by atoms with Crippen LogP contribution in [0.2, 0.25) is 0 Å². The number of carbonyl (C=O) groups is 2. The van der Waals surface area contributed by atoms with E-state index < -0.39 is 24.3 Å². The average molecular weight is 700 g/mol. The number of pyridine rings is 2. The van der Waals surface area contributed by atoms with Crippen LogP contribution in [-0.2, 0) is 27.5 Å². The SMILES string of the molecule is Nc1ccc2ccc(OCCOCCn3cc(COc4ccc5ccc(N)nc5c4)nn3)cc2n1.O=C(O)C(F)(F)F.O=C(O)C(F)(F)F. The first kappa shape index (κ1) is 37.5. The van der Waals surface area contributed by atoms with Crippen molar-refractivity contribution in [3.8, 4) is 11.5 Å². The number of anilines is 2. The first-order chi connectivity index (χ1) is 23.0. The van der Waals surface area contributed by atoms with Gasteiger partial charge in [0.1, 0.15) is 42.0 Å². The molecule has 3 aromatic heterocycles. The van der Waals surface area contributed by atoms with Crippen LogP contribution < -0.4 is 20.9 Å². The molecule has 3 heterocycles. The molecule has 0 saturated carbocycles. The Labute approximate surface area is 271 Å². The predicted octanol–water partition coefficient (Wildman–Crippen LogP) is 4.48. The predicted molar refractivity (Wildman–Crippen MR) is 160 cm³/mol. The topological polar surface area (TPSA) is 211 Å². The highest BCUT2D eigenvalue weighted by Gasteiger charge is 2.38. The minimum Gasteiger partial charge on any atom is -0.491 e. The van der Waals surface area contributed by atoms with Gasteiger partial charge in [-0.25, -0.2) is 24.2 Å². The minimum atomic E-state index is -5.08. The molecule has 0 spiro atoms. The fourth-order valence-corrected chi connectivity index (χ4v) is 3.55. The van der Waals surface area contributed by atoms with E-state index in [1.807, 2.05) is 54.7 Å². The van der Waals surface area contributed by atoms with E-state index >= 15 is 0 Å². The van der Waals surface area contributed by atoms with Gasteiger partial charge in [0.2, 0.25) is 0 Å². The highest BCUT2D eigenvalue weighted by molar-refractivity contribution is 5.82. The summed E-state index contributed by atoms with van der Waals surface area (Å²) in [5.41, 5.74) is 13.8. The molecule has 14 nitrogen and oxygen atoms in total. The highest BCUT2D eigenvalue weighted by Crippen LogP contribution is 2.22. The van der Waals surface area contributed by atoms with Crippen molar-refractivity contribution in [2.24, 2.45) is 0 Å². The summed E-state index contributed by atoms with van der Waals surface area (Å²) in [7, 11) is 0. The Hall–Kier alpha value is -5.92. The van der Waals surface area contributed by atoms with Crippen LogP contribution >= 0.6 is 0 Å². The lowest BCUT2D eigenvalue weighted by molar-refractivity contribution is -0.193. The molecule has 0 bridgehead atoms. The lowest BCUT2D eigenvalue weighted by Gasteiger charge is -2.08. The summed E-state index contributed by atoms with van der Waals surface area (Å²) >= 11 is 0. The zero-order chi connectivity index (χ0) is 36.2. The van der Waals surface area contributed by atoms with Gasteiger partial charge in [0.05, 0.1) is 37.0 Å². The smallest absolute Gasteiger partial charge is 0.490 e. The highest BCUT2D eigenvalue weighted by atomic mass is 19.4. The number of hydrogen-bond donors (Lipinski definition) is 4. The third-order valence-corrected chi connectivity index (χ3v) is 5.79. The molecule has 0 fully saturated rings. The van der Waals surface area contributed by atoms with Crippen molar-refractivity contribution in [2.45, 2.75) is 25.5 Å². The van der Waals surface area contributed by atoms with Gasteiger partial charge in [-0.1, -0.05) is 5.21 Å². The Morgan fingerprint density at radius 2 is 1.18 bits per heavy atom. The maximum Gasteiger partial charge on any atom is 0.490 e. The van der Waals surface area contributed by atoms with Gasteiger partial charge in [-0.3, -0.25) is 0 Å². The van der Waals surface area contributed by atoms with E-state index in [-0.39, 0.29) is 0 Å². The molecular weight excluding hydrogens is 672 g/mol. The zero-order valence-electron chi connectivity index (χ0n) is 25.0. The van der Waals surface area contributed by atoms with Gasteiger partial charge in [0, 0.05) is 22.9 Å². The van der Waals surface area contributed by atoms with E-state index in [2.05, 4.69) is 20.3 Å². The van der Waals surface area contributed by atoms with Gasteiger partial charge in [0.25, 0.3) is 0 Å². The van der Waals surface area contributed by atoms with Gasteiger partial charge in [-0.2, -0.15) is 26.3 Å². The number of nitrogens with two attached hydrogens (primary N) is 2. The quantitative estimate of drug-likeness (QED) is 0.117. The fraction of sp³-hybridized carbons (Fsp3) is 0.241. The number of carboxylic acid groups (broad SMARTS) is 2. The second-order valence-corrected chi connectivity index (χ2v) is 9.51. The van der Waals surface area contributed by atoms with Crippen molar-refractivity contribution in [3.05, 3.63) is 72.6 Å². The second-order valence-electron chi connectivity index (χ2n) is 9.51. The van der Waals surface area contributed by atoms with Crippen LogP contribution in [0.25, 0.3) is 21.8 Å². The van der Waals surface area contributed by atoms with E-state index in [9.17, 15) is 26.3 Å². The number of fused-ring (bicyclic) bond motifs is 2. The van der Waals surface area contributed by atoms with Crippen LogP contribution in [-0.4, -0.2) is 79.3 Å². The Morgan fingerprint density at radius 3 is 1.67 bits per heavy atom. The summed E-state index contributed by atoms with van der Waals surface area (Å²) in [4.78, 5) is 26.4. The number of nitrogens with zero attached hydrogens (tertiary/aromatic N) is 5. The maximum absolute atomic E-state index is 10.6. The van der Waals surface area contributed by atoms with E-state index in [1.54, 1.807) is 16.8 Å². The fourth-order valence-electron chi connectivity index (χ4n) is 3.55. The molecule has 5 rings (SSSR count). The van der Waals surface area contributed by atoms with Crippen molar-refractivity contribution in [1.82, 2.24) is 25.0 Å². The number of ether oxygens (including phenoxy) is 3. The van der Waals surface area contributed by atoms with E-state index in [0.717, 1.165) is 33.2 Å². The molecule has 0 saturated heterocycles. The molecule has 0 aliphatic rings. The molecule has 0 amide bonds. The number of hydrogen-bond acceptors (Lipinski definition) is 11. The zero-order valence-corrected chi connectivity index (χ0v) is 25.0. The molecule has 0 unspecified atom stereocenters. The van der Waals surface area contributed by atoms with Crippen molar-refractivity contribution >= 4 is 45.4 Å². The minimum absolute atomic E-state index is 0.300. The summed E-state index contributed by atoms with van der Waals surface area (Å²) < 4.78 is 82.4. The number of aliphatic carboxylic acids is 2. The Kier molecular flexibility index (Phi) is 12.8. The average Bonchev–Trinajstić information content (AvgIpc) is 3.48. The summed E-state index contributed by atoms with van der Waals surface area (Å²) in [6, 6.07) is 18.8. The van der Waals surface area contributed by atoms with Crippen molar-refractivity contribution in [3.63, 3.8) is 0 Å². The van der Waals surface area contributed by atoms with Crippen LogP contribution in [0, 0.1) is 0 Å². The maximum atomic E-state index is 10.6. The molecular formula is C29H27F6N7O7. The Bertz CT molecular complexity index is 1850. The number of benzene rings is 2. The molecule has 2 aromatic carbocycles. The summed E-state index contributed by atoms with van der Waals surface area (Å²) in [5, 5.41) is 24.5. The normalized spacial score (nSPS) is 11.2. The van der Waals surface area contributed by atoms with E-state index in [4.69, 9.17) is 45.5 Å². The van der Waals surface area contributed by atoms with Crippen LogP contribution in [0.3, 0.4) is 0 Å². The van der Waals surface area contributed by atoms with Gasteiger partial charge in [0.15, 0.2) is 0 Å². The Morgan fingerprint density at radius 1 is 0.714 bits per heavy atom. The first-order valence-electron chi connectivity index (χ1n) is 13.7. The standard InChI is InChI=1S/C25H25N7O3.2C2HF3O2/c26-24-7-3-17-1-5-20(13-22(17)28-24)34-12-11-33-10-9-32-15-19(30-31-32)16-35-21-6-2-18-4-8-25(27)29-23(18)14-21;2*3-2(4,5)1(6)7/h1-8,13-15H,9-12,16H2,(H2,26,28)(H2,27,29);2*(H,6,7). The molecule has 5 aromatic rings. The monoisotopic (exact) mass is 699 g/mol. The number of carboxylic acids is 2. The lowest BCUT2D eigenvalue weighted by Crippen LogP contribution is -2.21. The molecule has 0 aliphatic heterocycles. The Balaban J connectivity index is 0.000000392. The number of alkyl halides is 6. The molecule has 0 radical (unpaired) electrons. The van der Waals surface area contributed by atoms with Gasteiger partial charge in [-0.05, 0) is 48.5 Å². The number of halogens is 6. The lowest BCUT2D eigenvalue weighted by atomic mass is 10.2. The third kappa shape index (κ3) is 12.7. The van der Waals surface area contributed by atoms with Crippen LogP contribution in [0.15, 0.2) is 66.9 Å². The summed E-state index contributed by atoms with van der Waals surface area (Å²) in [6.45, 7) is 2.24. The largest absolute Gasteiger partial charge is 0.491 e. The van der Waals surface area contributed by atoms with Gasteiger partial charge in [-0.15, -0.1) is 5.10 Å². The molecule has 20 heteroatoms. The number of aromatic nitrogens is 5. The molecule has 262 valence electrons. The van der Waals surface area contributed by atoms with Gasteiger partial charge < -0.3 is 35.9 Å². The molecule has 0 atom stereocenters. The van der Waals surface area contributed by atoms with E-state index in [1.165, 1.54) is 0 Å². The first-order valence-corrected chi connectivity index (χ1v) is 13.7. The number of nitrogen functional groups attached to an aromatic ring is 2.